The second kappa shape index (κ2) is 5.78. The first kappa shape index (κ1) is 14.6. The van der Waals surface area contributed by atoms with Crippen molar-refractivity contribution < 1.29 is 18.9 Å². The van der Waals surface area contributed by atoms with E-state index in [9.17, 15) is 14.4 Å². The van der Waals surface area contributed by atoms with Crippen molar-refractivity contribution in [2.24, 2.45) is 0 Å². The molecule has 0 aromatic carbocycles. The summed E-state index contributed by atoms with van der Waals surface area (Å²) in [4.78, 5) is 36.6. The predicted molar refractivity (Wildman–Crippen MR) is 74.6 cm³/mol. The lowest BCUT2D eigenvalue weighted by atomic mass is 10.1. The second-order valence-electron chi connectivity index (χ2n) is 5.80. The highest BCUT2D eigenvalue weighted by Gasteiger charge is 2.30. The van der Waals surface area contributed by atoms with E-state index in [0.717, 1.165) is 18.6 Å². The Bertz CT molecular complexity index is 608. The second-order valence-corrected chi connectivity index (χ2v) is 5.80. The Morgan fingerprint density at radius 3 is 2.91 bits per heavy atom. The zero-order chi connectivity index (χ0) is 15.7. The molecule has 1 atom stereocenters. The van der Waals surface area contributed by atoms with E-state index in [4.69, 9.17) is 4.52 Å². The van der Waals surface area contributed by atoms with E-state index in [2.05, 4.69) is 15.8 Å². The third kappa shape index (κ3) is 3.26. The van der Waals surface area contributed by atoms with Crippen molar-refractivity contribution in [3.05, 3.63) is 17.5 Å². The van der Waals surface area contributed by atoms with Gasteiger partial charge >= 0.3 is 6.03 Å². The zero-order valence-corrected chi connectivity index (χ0v) is 12.3. The maximum absolute atomic E-state index is 12.4. The Balaban J connectivity index is 1.60. The molecule has 0 spiro atoms. The topological polar surface area (TPSA) is 105 Å². The highest BCUT2D eigenvalue weighted by molar-refractivity contribution is 5.98. The molecule has 4 amide bonds. The molecule has 8 nitrogen and oxygen atoms in total. The molecule has 22 heavy (non-hydrogen) atoms. The van der Waals surface area contributed by atoms with Crippen molar-refractivity contribution in [2.45, 2.75) is 44.2 Å². The Hall–Kier alpha value is -2.38. The van der Waals surface area contributed by atoms with Gasteiger partial charge in [-0.3, -0.25) is 14.9 Å². The number of aromatic nitrogens is 1. The van der Waals surface area contributed by atoms with Crippen LogP contribution in [0.1, 0.15) is 43.1 Å². The van der Waals surface area contributed by atoms with Crippen molar-refractivity contribution in [2.75, 3.05) is 7.05 Å². The molecule has 1 aliphatic heterocycles. The van der Waals surface area contributed by atoms with Gasteiger partial charge in [-0.2, -0.15) is 0 Å². The normalized spacial score (nSPS) is 21.8. The number of carbonyl (C=O) groups is 3. The minimum absolute atomic E-state index is 0.138. The first-order valence-electron chi connectivity index (χ1n) is 7.33. The van der Waals surface area contributed by atoms with Gasteiger partial charge in [-0.1, -0.05) is 5.16 Å². The highest BCUT2D eigenvalue weighted by atomic mass is 16.5. The number of amides is 4. The molecule has 2 N–H and O–H groups in total. The summed E-state index contributed by atoms with van der Waals surface area (Å²) in [5, 5.41) is 8.62. The largest absolute Gasteiger partial charge is 0.361 e. The molecule has 1 aromatic heterocycles. The van der Waals surface area contributed by atoms with Gasteiger partial charge < -0.3 is 14.7 Å². The Morgan fingerprint density at radius 2 is 2.18 bits per heavy atom. The number of imide groups is 1. The average Bonchev–Trinajstić information content (AvgIpc) is 3.24. The fourth-order valence-electron chi connectivity index (χ4n) is 2.47. The van der Waals surface area contributed by atoms with Crippen molar-refractivity contribution in [3.63, 3.8) is 0 Å². The number of hydrogen-bond acceptors (Lipinski definition) is 5. The van der Waals surface area contributed by atoms with Crippen LogP contribution in [0, 0.1) is 0 Å². The van der Waals surface area contributed by atoms with Gasteiger partial charge in [0.05, 0.1) is 6.54 Å². The molecule has 0 unspecified atom stereocenters. The minimum Gasteiger partial charge on any atom is -0.361 e. The van der Waals surface area contributed by atoms with Crippen LogP contribution in [0.5, 0.6) is 0 Å². The van der Waals surface area contributed by atoms with Gasteiger partial charge in [0, 0.05) is 25.5 Å². The maximum Gasteiger partial charge on any atom is 0.322 e. The Morgan fingerprint density at radius 1 is 1.41 bits per heavy atom. The lowest BCUT2D eigenvalue weighted by Crippen LogP contribution is -2.48. The highest BCUT2D eigenvalue weighted by Crippen LogP contribution is 2.40. The molecule has 1 aliphatic carbocycles. The summed E-state index contributed by atoms with van der Waals surface area (Å²) in [5.74, 6) is 0.718. The van der Waals surface area contributed by atoms with Gasteiger partial charge in [0.2, 0.25) is 11.8 Å². The number of urea groups is 1. The maximum atomic E-state index is 12.4. The summed E-state index contributed by atoms with van der Waals surface area (Å²) in [5.41, 5.74) is 0.687. The van der Waals surface area contributed by atoms with E-state index in [0.29, 0.717) is 18.2 Å². The van der Waals surface area contributed by atoms with Gasteiger partial charge in [0.1, 0.15) is 17.5 Å². The molecule has 1 aromatic rings. The Kier molecular flexibility index (Phi) is 3.82. The summed E-state index contributed by atoms with van der Waals surface area (Å²) in [6.07, 6.45) is 2.67. The molecule has 2 heterocycles. The fourth-order valence-corrected chi connectivity index (χ4v) is 2.47. The lowest BCUT2D eigenvalue weighted by Gasteiger charge is -2.22. The van der Waals surface area contributed by atoms with Gasteiger partial charge in [0.15, 0.2) is 0 Å². The minimum atomic E-state index is -0.703. The van der Waals surface area contributed by atoms with Crippen LogP contribution < -0.4 is 10.6 Å². The van der Waals surface area contributed by atoms with Gasteiger partial charge in [-0.25, -0.2) is 4.79 Å². The van der Waals surface area contributed by atoms with Gasteiger partial charge in [-0.15, -0.1) is 0 Å². The summed E-state index contributed by atoms with van der Waals surface area (Å²) < 4.78 is 5.25. The van der Waals surface area contributed by atoms with E-state index in [-0.39, 0.29) is 24.7 Å². The van der Waals surface area contributed by atoms with E-state index in [1.54, 1.807) is 7.05 Å². The van der Waals surface area contributed by atoms with Crippen molar-refractivity contribution in [1.82, 2.24) is 20.7 Å². The number of nitrogens with one attached hydrogen (secondary N) is 2. The molecule has 0 radical (unpaired) electrons. The SMILES string of the molecule is CN(Cc1cc(C2CC2)on1)C(=O)[C@@H]1CCC(=O)NC(=O)N1. The van der Waals surface area contributed by atoms with Crippen LogP contribution in [0.3, 0.4) is 0 Å². The fraction of sp³-hybridized carbons (Fsp3) is 0.571. The molecule has 2 aliphatic rings. The van der Waals surface area contributed by atoms with Crippen LogP contribution in [0.25, 0.3) is 0 Å². The first-order chi connectivity index (χ1) is 10.5. The smallest absolute Gasteiger partial charge is 0.322 e. The van der Waals surface area contributed by atoms with Gasteiger partial charge in [-0.05, 0) is 19.3 Å². The zero-order valence-electron chi connectivity index (χ0n) is 12.3. The molecule has 0 bridgehead atoms. The first-order valence-corrected chi connectivity index (χ1v) is 7.33. The molecule has 2 fully saturated rings. The van der Waals surface area contributed by atoms with E-state index in [1.165, 1.54) is 4.90 Å². The predicted octanol–water partition coefficient (Wildman–Crippen LogP) is 0.499. The number of nitrogens with zero attached hydrogens (tertiary/aromatic N) is 2. The van der Waals surface area contributed by atoms with E-state index < -0.39 is 12.1 Å². The number of rotatable bonds is 4. The van der Waals surface area contributed by atoms with E-state index in [1.807, 2.05) is 6.07 Å². The van der Waals surface area contributed by atoms with Crippen molar-refractivity contribution in [1.29, 1.82) is 0 Å². The number of likely N-dealkylation sites (N-methyl/N-ethyl adjacent to an activating group) is 1. The summed E-state index contributed by atoms with van der Waals surface area (Å²) >= 11 is 0. The monoisotopic (exact) mass is 306 g/mol. The van der Waals surface area contributed by atoms with Crippen molar-refractivity contribution in [3.8, 4) is 0 Å². The summed E-state index contributed by atoms with van der Waals surface area (Å²) in [6.45, 7) is 0.308. The third-order valence-corrected chi connectivity index (χ3v) is 3.85. The summed E-state index contributed by atoms with van der Waals surface area (Å²) in [6, 6.07) is 0.538. The lowest BCUT2D eigenvalue weighted by molar-refractivity contribution is -0.132. The molecule has 1 saturated carbocycles. The Labute approximate surface area is 127 Å². The quantitative estimate of drug-likeness (QED) is 0.843. The molecular weight excluding hydrogens is 288 g/mol. The average molecular weight is 306 g/mol. The number of hydrogen-bond donors (Lipinski definition) is 2. The van der Waals surface area contributed by atoms with Crippen LogP contribution in [-0.4, -0.2) is 41.0 Å². The third-order valence-electron chi connectivity index (χ3n) is 3.85. The van der Waals surface area contributed by atoms with E-state index >= 15 is 0 Å². The van der Waals surface area contributed by atoms with Crippen LogP contribution in [0.15, 0.2) is 10.6 Å². The molecule has 1 saturated heterocycles. The standard InChI is InChI=1S/C14H18N4O4/c1-18(7-9-6-11(22-17-9)8-2-3-8)13(20)10-4-5-12(19)16-14(21)15-10/h6,8,10H,2-5,7H2,1H3,(H2,15,16,19,21)/t10-/m0/s1. The van der Waals surface area contributed by atoms with Crippen molar-refractivity contribution >= 4 is 17.8 Å². The van der Waals surface area contributed by atoms with Crippen LogP contribution >= 0.6 is 0 Å². The molecular formula is C14H18N4O4. The van der Waals surface area contributed by atoms with Crippen LogP contribution in [0.4, 0.5) is 4.79 Å². The van der Waals surface area contributed by atoms with Crippen LogP contribution in [-0.2, 0) is 16.1 Å². The number of carbonyl (C=O) groups excluding carboxylic acids is 3. The van der Waals surface area contributed by atoms with Gasteiger partial charge in [0.25, 0.3) is 0 Å². The molecule has 8 heteroatoms. The summed E-state index contributed by atoms with van der Waals surface area (Å²) in [7, 11) is 1.64. The molecule has 3 rings (SSSR count). The molecule has 118 valence electrons. The van der Waals surface area contributed by atoms with Crippen LogP contribution in [0.2, 0.25) is 0 Å².